The molecule has 0 unspecified atom stereocenters. The summed E-state index contributed by atoms with van der Waals surface area (Å²) < 4.78 is 46.5. The molecule has 2 heterocycles. The van der Waals surface area contributed by atoms with E-state index >= 15 is 0 Å². The Balaban J connectivity index is 1.97. The van der Waals surface area contributed by atoms with Crippen molar-refractivity contribution in [3.8, 4) is 11.5 Å². The van der Waals surface area contributed by atoms with Crippen molar-refractivity contribution in [2.24, 2.45) is 0 Å². The Bertz CT molecular complexity index is 947. The van der Waals surface area contributed by atoms with Crippen molar-refractivity contribution in [3.63, 3.8) is 0 Å². The van der Waals surface area contributed by atoms with Crippen molar-refractivity contribution in [3.05, 3.63) is 53.7 Å². The summed E-state index contributed by atoms with van der Waals surface area (Å²) in [6.45, 7) is 3.25. The van der Waals surface area contributed by atoms with E-state index in [9.17, 15) is 12.8 Å². The monoisotopic (exact) mass is 335 g/mol. The van der Waals surface area contributed by atoms with Crippen molar-refractivity contribution in [2.75, 3.05) is 4.72 Å². The summed E-state index contributed by atoms with van der Waals surface area (Å²) in [7, 11) is -3.97. The molecule has 120 valence electrons. The third-order valence-corrected chi connectivity index (χ3v) is 4.77. The summed E-state index contributed by atoms with van der Waals surface area (Å²) in [5.74, 6) is -0.0945. The third-order valence-electron chi connectivity index (χ3n) is 3.30. The number of sulfonamides is 1. The maximum atomic E-state index is 13.9. The SMILES string of the molecule is Cc1ccc(NS(=O)(=O)c2cc(-c3ccn[nH]3)oc2C)c(F)c1. The van der Waals surface area contributed by atoms with Crippen LogP contribution in [-0.2, 0) is 10.0 Å². The Morgan fingerprint density at radius 2 is 2.00 bits per heavy atom. The molecule has 0 amide bonds. The average molecular weight is 335 g/mol. The molecule has 0 aliphatic carbocycles. The zero-order valence-corrected chi connectivity index (χ0v) is 13.2. The predicted molar refractivity (Wildman–Crippen MR) is 83.0 cm³/mol. The lowest BCUT2D eigenvalue weighted by Crippen LogP contribution is -2.14. The van der Waals surface area contributed by atoms with Gasteiger partial charge in [0.05, 0.1) is 5.69 Å². The molecule has 0 radical (unpaired) electrons. The molecule has 0 atom stereocenters. The van der Waals surface area contributed by atoms with Crippen LogP contribution >= 0.6 is 0 Å². The molecule has 0 fully saturated rings. The molecule has 23 heavy (non-hydrogen) atoms. The van der Waals surface area contributed by atoms with E-state index in [1.165, 1.54) is 31.3 Å². The van der Waals surface area contributed by atoms with E-state index in [4.69, 9.17) is 4.42 Å². The molecular formula is C15H14FN3O3S. The second-order valence-corrected chi connectivity index (χ2v) is 6.74. The number of nitrogens with one attached hydrogen (secondary N) is 2. The summed E-state index contributed by atoms with van der Waals surface area (Å²) in [5, 5.41) is 6.48. The number of aromatic amines is 1. The van der Waals surface area contributed by atoms with E-state index in [2.05, 4.69) is 14.9 Å². The first-order chi connectivity index (χ1) is 10.9. The Morgan fingerprint density at radius 1 is 1.22 bits per heavy atom. The number of rotatable bonds is 4. The largest absolute Gasteiger partial charge is 0.458 e. The first kappa shape index (κ1) is 15.3. The molecule has 1 aromatic carbocycles. The lowest BCUT2D eigenvalue weighted by Gasteiger charge is -2.08. The van der Waals surface area contributed by atoms with Crippen LogP contribution in [0.15, 0.2) is 45.8 Å². The van der Waals surface area contributed by atoms with Crippen molar-refractivity contribution < 1.29 is 17.2 Å². The minimum absolute atomic E-state index is 0.0536. The summed E-state index contributed by atoms with van der Waals surface area (Å²) in [6.07, 6.45) is 1.53. The fourth-order valence-electron chi connectivity index (χ4n) is 2.16. The number of nitrogens with zero attached hydrogens (tertiary/aromatic N) is 1. The topological polar surface area (TPSA) is 88.0 Å². The molecule has 0 saturated heterocycles. The highest BCUT2D eigenvalue weighted by atomic mass is 32.2. The number of H-pyrrole nitrogens is 1. The molecule has 3 rings (SSSR count). The Kier molecular flexibility index (Phi) is 3.69. The van der Waals surface area contributed by atoms with Crippen LogP contribution in [0.1, 0.15) is 11.3 Å². The van der Waals surface area contributed by atoms with Crippen molar-refractivity contribution in [2.45, 2.75) is 18.7 Å². The van der Waals surface area contributed by atoms with Gasteiger partial charge in [-0.1, -0.05) is 6.07 Å². The van der Waals surface area contributed by atoms with E-state index in [1.54, 1.807) is 19.1 Å². The molecule has 0 aliphatic rings. The van der Waals surface area contributed by atoms with Crippen LogP contribution in [0.5, 0.6) is 0 Å². The van der Waals surface area contributed by atoms with E-state index in [0.717, 1.165) is 0 Å². The van der Waals surface area contributed by atoms with Gasteiger partial charge in [0.25, 0.3) is 10.0 Å². The predicted octanol–water partition coefficient (Wildman–Crippen LogP) is 3.23. The Hall–Kier alpha value is -2.61. The first-order valence-electron chi connectivity index (χ1n) is 6.76. The maximum Gasteiger partial charge on any atom is 0.265 e. The van der Waals surface area contributed by atoms with Gasteiger partial charge in [-0.2, -0.15) is 5.10 Å². The third kappa shape index (κ3) is 2.98. The zero-order chi connectivity index (χ0) is 16.6. The molecule has 2 aromatic heterocycles. The van der Waals surface area contributed by atoms with Crippen molar-refractivity contribution >= 4 is 15.7 Å². The minimum atomic E-state index is -3.97. The van der Waals surface area contributed by atoms with E-state index < -0.39 is 15.8 Å². The van der Waals surface area contributed by atoms with Gasteiger partial charge in [-0.25, -0.2) is 12.8 Å². The van der Waals surface area contributed by atoms with Gasteiger partial charge in [0, 0.05) is 12.3 Å². The fraction of sp³-hybridized carbons (Fsp3) is 0.133. The molecular weight excluding hydrogens is 321 g/mol. The van der Waals surface area contributed by atoms with E-state index in [-0.39, 0.29) is 16.3 Å². The minimum Gasteiger partial charge on any atom is -0.458 e. The van der Waals surface area contributed by atoms with Crippen LogP contribution in [0.4, 0.5) is 10.1 Å². The molecule has 0 bridgehead atoms. The maximum absolute atomic E-state index is 13.9. The second kappa shape index (κ2) is 5.54. The first-order valence-corrected chi connectivity index (χ1v) is 8.24. The normalized spacial score (nSPS) is 11.6. The highest BCUT2D eigenvalue weighted by Crippen LogP contribution is 2.28. The summed E-state index contributed by atoms with van der Waals surface area (Å²) in [5.41, 5.74) is 1.14. The Labute approximate surface area is 132 Å². The van der Waals surface area contributed by atoms with Crippen LogP contribution in [-0.4, -0.2) is 18.6 Å². The number of furan rings is 1. The van der Waals surface area contributed by atoms with Gasteiger partial charge in [-0.15, -0.1) is 0 Å². The van der Waals surface area contributed by atoms with Gasteiger partial charge < -0.3 is 4.42 Å². The highest BCUT2D eigenvalue weighted by molar-refractivity contribution is 7.92. The fourth-order valence-corrected chi connectivity index (χ4v) is 3.41. The Morgan fingerprint density at radius 3 is 2.65 bits per heavy atom. The number of halogens is 1. The van der Waals surface area contributed by atoms with E-state index in [1.807, 2.05) is 0 Å². The number of hydrogen-bond acceptors (Lipinski definition) is 4. The molecule has 8 heteroatoms. The summed E-state index contributed by atoms with van der Waals surface area (Å²) in [4.78, 5) is -0.0536. The van der Waals surface area contributed by atoms with Gasteiger partial charge >= 0.3 is 0 Å². The van der Waals surface area contributed by atoms with Crippen LogP contribution in [0.3, 0.4) is 0 Å². The van der Waals surface area contributed by atoms with Gasteiger partial charge in [0.2, 0.25) is 0 Å². The van der Waals surface area contributed by atoms with Crippen LogP contribution in [0.25, 0.3) is 11.5 Å². The quantitative estimate of drug-likeness (QED) is 0.766. The van der Waals surface area contributed by atoms with Gasteiger partial charge in [-0.05, 0) is 37.6 Å². The lowest BCUT2D eigenvalue weighted by atomic mass is 10.2. The van der Waals surface area contributed by atoms with Crippen molar-refractivity contribution in [1.82, 2.24) is 10.2 Å². The van der Waals surface area contributed by atoms with E-state index in [0.29, 0.717) is 17.0 Å². The number of benzene rings is 1. The molecule has 6 nitrogen and oxygen atoms in total. The van der Waals surface area contributed by atoms with Gasteiger partial charge in [-0.3, -0.25) is 9.82 Å². The second-order valence-electron chi connectivity index (χ2n) is 5.09. The van der Waals surface area contributed by atoms with Crippen LogP contribution in [0.2, 0.25) is 0 Å². The van der Waals surface area contributed by atoms with Crippen LogP contribution < -0.4 is 4.72 Å². The summed E-state index contributed by atoms with van der Waals surface area (Å²) in [6, 6.07) is 7.29. The molecule has 0 spiro atoms. The number of hydrogen-bond donors (Lipinski definition) is 2. The summed E-state index contributed by atoms with van der Waals surface area (Å²) >= 11 is 0. The lowest BCUT2D eigenvalue weighted by molar-refractivity contribution is 0.533. The zero-order valence-electron chi connectivity index (χ0n) is 12.4. The van der Waals surface area contributed by atoms with Crippen molar-refractivity contribution in [1.29, 1.82) is 0 Å². The molecule has 3 aromatic rings. The molecule has 0 aliphatic heterocycles. The smallest absolute Gasteiger partial charge is 0.265 e. The standard InChI is InChI=1S/C15H14FN3O3S/c1-9-3-4-12(11(16)7-9)19-23(20,21)15-8-14(22-10(15)2)13-5-6-17-18-13/h3-8,19H,1-2H3,(H,17,18). The molecule has 2 N–H and O–H groups in total. The van der Waals surface area contributed by atoms with Gasteiger partial charge in [0.1, 0.15) is 22.2 Å². The highest BCUT2D eigenvalue weighted by Gasteiger charge is 2.23. The number of aromatic nitrogens is 2. The number of anilines is 1. The van der Waals surface area contributed by atoms with Crippen LogP contribution in [0, 0.1) is 19.7 Å². The molecule has 0 saturated carbocycles. The van der Waals surface area contributed by atoms with Gasteiger partial charge in [0.15, 0.2) is 5.76 Å². The average Bonchev–Trinajstić information content (AvgIpc) is 3.11. The number of aryl methyl sites for hydroxylation is 2.